The van der Waals surface area contributed by atoms with E-state index in [-0.39, 0.29) is 6.03 Å². The number of pyridine rings is 2. The molecule has 0 bridgehead atoms. The third-order valence-electron chi connectivity index (χ3n) is 6.58. The first-order chi connectivity index (χ1) is 17.2. The van der Waals surface area contributed by atoms with Crippen molar-refractivity contribution in [2.24, 2.45) is 0 Å². The van der Waals surface area contributed by atoms with Gasteiger partial charge in [0.15, 0.2) is 0 Å². The van der Waals surface area contributed by atoms with Gasteiger partial charge in [-0.3, -0.25) is 9.88 Å². The van der Waals surface area contributed by atoms with Crippen molar-refractivity contribution in [3.63, 3.8) is 0 Å². The second kappa shape index (κ2) is 8.47. The molecule has 3 heterocycles. The number of benzene rings is 2. The van der Waals surface area contributed by atoms with Crippen molar-refractivity contribution < 1.29 is 4.79 Å². The molecular formula is C28H25N7O. The summed E-state index contributed by atoms with van der Waals surface area (Å²) in [5.41, 5.74) is 12.4. The minimum Gasteiger partial charge on any atom is -0.398 e. The summed E-state index contributed by atoms with van der Waals surface area (Å²) in [6.07, 6.45) is 3.01. The maximum atomic E-state index is 13.5. The monoisotopic (exact) mass is 475 g/mol. The summed E-state index contributed by atoms with van der Waals surface area (Å²) >= 11 is 0. The van der Waals surface area contributed by atoms with E-state index >= 15 is 0 Å². The van der Waals surface area contributed by atoms with Crippen molar-refractivity contribution in [2.45, 2.75) is 25.8 Å². The fourth-order valence-electron chi connectivity index (χ4n) is 4.40. The van der Waals surface area contributed by atoms with Crippen molar-refractivity contribution in [1.29, 1.82) is 10.7 Å². The van der Waals surface area contributed by atoms with Crippen LogP contribution in [0.3, 0.4) is 0 Å². The van der Waals surface area contributed by atoms with Crippen LogP contribution in [0.1, 0.15) is 30.5 Å². The number of nitrogens with zero attached hydrogens (tertiary/aromatic N) is 5. The molecule has 0 unspecified atom stereocenters. The summed E-state index contributed by atoms with van der Waals surface area (Å²) in [7, 11) is 1.76. The van der Waals surface area contributed by atoms with Gasteiger partial charge in [0.05, 0.1) is 40.6 Å². The molecule has 3 N–H and O–H groups in total. The number of urea groups is 1. The lowest BCUT2D eigenvalue weighted by Crippen LogP contribution is -2.42. The van der Waals surface area contributed by atoms with Crippen molar-refractivity contribution in [3.05, 3.63) is 77.5 Å². The largest absolute Gasteiger partial charge is 0.398 e. The number of hydrogen-bond donors (Lipinski definition) is 2. The number of nitriles is 1. The Balaban J connectivity index is 1.70. The van der Waals surface area contributed by atoms with Gasteiger partial charge in [-0.15, -0.1) is 0 Å². The number of carbonyl (C=O) groups is 1. The molecule has 8 heteroatoms. The van der Waals surface area contributed by atoms with Gasteiger partial charge in [-0.05, 0) is 55.8 Å². The molecule has 2 amide bonds. The number of nitrogen functional groups attached to an aromatic ring is 1. The van der Waals surface area contributed by atoms with Gasteiger partial charge in [0.2, 0.25) is 0 Å². The highest BCUT2D eigenvalue weighted by Crippen LogP contribution is 2.39. The van der Waals surface area contributed by atoms with Crippen LogP contribution >= 0.6 is 0 Å². The van der Waals surface area contributed by atoms with Crippen LogP contribution in [0.15, 0.2) is 60.8 Å². The molecule has 5 rings (SSSR count). The summed E-state index contributed by atoms with van der Waals surface area (Å²) in [5.74, 6) is 0. The van der Waals surface area contributed by atoms with Crippen LogP contribution in [0.4, 0.5) is 21.9 Å². The van der Waals surface area contributed by atoms with E-state index in [0.717, 1.165) is 16.7 Å². The van der Waals surface area contributed by atoms with Gasteiger partial charge in [-0.1, -0.05) is 18.2 Å². The zero-order chi connectivity index (χ0) is 25.6. The van der Waals surface area contributed by atoms with Crippen LogP contribution < -0.4 is 10.6 Å². The molecule has 0 atom stereocenters. The molecular weight excluding hydrogens is 450 g/mol. The summed E-state index contributed by atoms with van der Waals surface area (Å²) in [6.45, 7) is 4.14. The summed E-state index contributed by atoms with van der Waals surface area (Å²) in [5, 5.41) is 17.1. The van der Waals surface area contributed by atoms with Gasteiger partial charge in [-0.25, -0.2) is 9.78 Å². The number of fused-ring (bicyclic) bond motifs is 3. The Morgan fingerprint density at radius 1 is 1.14 bits per heavy atom. The number of hydrogen-bond acceptors (Lipinski definition) is 6. The van der Waals surface area contributed by atoms with Gasteiger partial charge in [0, 0.05) is 41.8 Å². The molecule has 0 aliphatic carbocycles. The van der Waals surface area contributed by atoms with E-state index in [1.165, 1.54) is 6.21 Å². The van der Waals surface area contributed by atoms with Gasteiger partial charge in [-0.2, -0.15) is 5.26 Å². The fraction of sp³-hybridized carbons (Fsp3) is 0.179. The third kappa shape index (κ3) is 3.71. The molecule has 0 radical (unpaired) electrons. The summed E-state index contributed by atoms with van der Waals surface area (Å²) in [4.78, 5) is 26.3. The molecule has 2 aromatic heterocycles. The number of amides is 2. The Bertz CT molecular complexity index is 1570. The molecule has 0 fully saturated rings. The molecule has 0 saturated heterocycles. The second-order valence-electron chi connectivity index (χ2n) is 9.44. The molecule has 2 aromatic carbocycles. The van der Waals surface area contributed by atoms with Crippen LogP contribution in [0, 0.1) is 16.7 Å². The lowest BCUT2D eigenvalue weighted by Gasteiger charge is -2.35. The minimum atomic E-state index is -0.638. The van der Waals surface area contributed by atoms with E-state index in [0.29, 0.717) is 45.9 Å². The third-order valence-corrected chi connectivity index (χ3v) is 6.58. The molecule has 8 nitrogen and oxygen atoms in total. The lowest BCUT2D eigenvalue weighted by molar-refractivity contribution is 0.213. The predicted octanol–water partition coefficient (Wildman–Crippen LogP) is 5.38. The smallest absolute Gasteiger partial charge is 0.329 e. The normalized spacial score (nSPS) is 13.4. The van der Waals surface area contributed by atoms with Gasteiger partial charge in [0.1, 0.15) is 5.52 Å². The van der Waals surface area contributed by atoms with Gasteiger partial charge in [0.25, 0.3) is 0 Å². The Hall–Kier alpha value is -4.77. The van der Waals surface area contributed by atoms with Gasteiger partial charge < -0.3 is 16.0 Å². The lowest BCUT2D eigenvalue weighted by atomic mass is 9.86. The Morgan fingerprint density at radius 2 is 1.89 bits per heavy atom. The number of nitrogens with two attached hydrogens (primary N) is 1. The topological polar surface area (TPSA) is 123 Å². The molecule has 178 valence electrons. The maximum absolute atomic E-state index is 13.5. The predicted molar refractivity (Wildman–Crippen MR) is 141 cm³/mol. The van der Waals surface area contributed by atoms with E-state index in [4.69, 9.17) is 16.1 Å². The Kier molecular flexibility index (Phi) is 5.41. The minimum absolute atomic E-state index is 0.173. The highest BCUT2D eigenvalue weighted by atomic mass is 16.2. The number of carbonyl (C=O) groups excluding carboxylic acids is 1. The van der Waals surface area contributed by atoms with Crippen molar-refractivity contribution in [3.8, 4) is 17.3 Å². The fourth-order valence-corrected chi connectivity index (χ4v) is 4.40. The first-order valence-corrected chi connectivity index (χ1v) is 11.5. The van der Waals surface area contributed by atoms with E-state index in [1.807, 2.05) is 62.4 Å². The van der Waals surface area contributed by atoms with E-state index < -0.39 is 5.41 Å². The number of aromatic nitrogens is 2. The highest BCUT2D eigenvalue weighted by Gasteiger charge is 2.32. The SMILES string of the molecule is CN1Cc2cnc3ccc(-c4ccc(N)c(C=N)c4)nc3c2N(c2ccc(C(C)(C)C#N)cc2)C1=O. The second-order valence-corrected chi connectivity index (χ2v) is 9.44. The standard InChI is InChI=1S/C28H25N7O/c1-28(2,16-30)20-5-7-21(8-6-20)35-26-19(15-34(3)27(35)36)14-32-24-11-10-23(33-25(24)26)17-4-9-22(31)18(12-17)13-29/h4-14,29H,15,31H2,1-3H3. The van der Waals surface area contributed by atoms with Crippen LogP contribution in [-0.2, 0) is 12.0 Å². The van der Waals surface area contributed by atoms with Crippen LogP contribution in [0.25, 0.3) is 22.3 Å². The average Bonchev–Trinajstić information content (AvgIpc) is 2.89. The average molecular weight is 476 g/mol. The number of nitrogens with one attached hydrogen (secondary N) is 1. The zero-order valence-electron chi connectivity index (χ0n) is 20.3. The molecule has 0 spiro atoms. The molecule has 1 aliphatic heterocycles. The quantitative estimate of drug-likeness (QED) is 0.303. The van der Waals surface area contributed by atoms with E-state index in [9.17, 15) is 10.1 Å². The van der Waals surface area contributed by atoms with E-state index in [1.54, 1.807) is 29.1 Å². The Morgan fingerprint density at radius 3 is 2.58 bits per heavy atom. The summed E-state index contributed by atoms with van der Waals surface area (Å²) < 4.78 is 0. The Labute approximate surface area is 209 Å². The van der Waals surface area contributed by atoms with Crippen molar-refractivity contribution in [2.75, 3.05) is 17.7 Å². The van der Waals surface area contributed by atoms with Crippen LogP contribution in [0.5, 0.6) is 0 Å². The van der Waals surface area contributed by atoms with E-state index in [2.05, 4.69) is 11.1 Å². The van der Waals surface area contributed by atoms with Crippen molar-refractivity contribution in [1.82, 2.24) is 14.9 Å². The number of rotatable bonds is 4. The summed E-state index contributed by atoms with van der Waals surface area (Å²) in [6, 6.07) is 18.9. The maximum Gasteiger partial charge on any atom is 0.329 e. The molecule has 4 aromatic rings. The van der Waals surface area contributed by atoms with Gasteiger partial charge >= 0.3 is 6.03 Å². The highest BCUT2D eigenvalue weighted by molar-refractivity contribution is 6.08. The zero-order valence-corrected chi connectivity index (χ0v) is 20.3. The van der Waals surface area contributed by atoms with Crippen molar-refractivity contribution >= 4 is 40.3 Å². The molecule has 36 heavy (non-hydrogen) atoms. The first-order valence-electron chi connectivity index (χ1n) is 11.5. The van der Waals surface area contributed by atoms with Crippen LogP contribution in [-0.4, -0.2) is 34.2 Å². The number of anilines is 3. The first kappa shape index (κ1) is 23.0. The molecule has 0 saturated carbocycles. The van der Waals surface area contributed by atoms with Crippen LogP contribution in [0.2, 0.25) is 0 Å². The molecule has 1 aliphatic rings.